The summed E-state index contributed by atoms with van der Waals surface area (Å²) in [5.41, 5.74) is 1.84. The Morgan fingerprint density at radius 2 is 1.45 bits per heavy atom. The van der Waals surface area contributed by atoms with Gasteiger partial charge in [-0.25, -0.2) is 0 Å². The molecule has 2 heteroatoms. The zero-order valence-corrected chi connectivity index (χ0v) is 13.1. The van der Waals surface area contributed by atoms with Crippen molar-refractivity contribution in [3.8, 4) is 0 Å². The molecular formula is C18H29NO. The number of rotatable bonds is 11. The Hall–Kier alpha value is -1.18. The van der Waals surface area contributed by atoms with Crippen LogP contribution in [0.4, 0.5) is 5.69 Å². The first-order valence-electron chi connectivity index (χ1n) is 8.21. The van der Waals surface area contributed by atoms with Crippen LogP contribution in [0.3, 0.4) is 0 Å². The fourth-order valence-electron chi connectivity index (χ4n) is 2.61. The van der Waals surface area contributed by atoms with E-state index in [2.05, 4.69) is 19.0 Å². The number of hydrogen-bond donors (Lipinski definition) is 0. The molecule has 0 fully saturated rings. The van der Waals surface area contributed by atoms with E-state index in [4.69, 9.17) is 0 Å². The summed E-state index contributed by atoms with van der Waals surface area (Å²) in [6.07, 6.45) is 12.2. The zero-order valence-electron chi connectivity index (χ0n) is 13.1. The molecule has 2 nitrogen and oxygen atoms in total. The lowest BCUT2D eigenvalue weighted by molar-refractivity contribution is 0.543. The van der Waals surface area contributed by atoms with E-state index in [-0.39, 0.29) is 0 Å². The van der Waals surface area contributed by atoms with E-state index in [1.54, 1.807) is 0 Å². The molecule has 0 aliphatic rings. The Morgan fingerprint density at radius 1 is 0.900 bits per heavy atom. The van der Waals surface area contributed by atoms with Crippen LogP contribution in [-0.2, 0) is 0 Å². The van der Waals surface area contributed by atoms with Gasteiger partial charge in [-0.15, -0.1) is 4.91 Å². The molecule has 1 aromatic carbocycles. The van der Waals surface area contributed by atoms with Crippen LogP contribution in [0.5, 0.6) is 0 Å². The van der Waals surface area contributed by atoms with Crippen LogP contribution >= 0.6 is 0 Å². The zero-order chi connectivity index (χ0) is 14.6. The summed E-state index contributed by atoms with van der Waals surface area (Å²) in [5.74, 6) is 0.579. The first-order valence-corrected chi connectivity index (χ1v) is 8.21. The second kappa shape index (κ2) is 10.6. The van der Waals surface area contributed by atoms with E-state index in [0.717, 1.165) is 0 Å². The van der Waals surface area contributed by atoms with Crippen molar-refractivity contribution >= 4 is 5.69 Å². The second-order valence-corrected chi connectivity index (χ2v) is 5.85. The minimum Gasteiger partial charge on any atom is -0.145 e. The molecule has 0 saturated heterocycles. The molecule has 112 valence electrons. The summed E-state index contributed by atoms with van der Waals surface area (Å²) in [7, 11) is 0. The van der Waals surface area contributed by atoms with E-state index in [1.165, 1.54) is 63.4 Å². The second-order valence-electron chi connectivity index (χ2n) is 5.85. The normalized spacial score (nSPS) is 12.3. The maximum atomic E-state index is 10.4. The van der Waals surface area contributed by atoms with Gasteiger partial charge in [0, 0.05) is 0 Å². The van der Waals surface area contributed by atoms with Crippen LogP contribution in [0, 0.1) is 4.91 Å². The van der Waals surface area contributed by atoms with Gasteiger partial charge < -0.3 is 0 Å². The van der Waals surface area contributed by atoms with E-state index in [1.807, 2.05) is 24.3 Å². The van der Waals surface area contributed by atoms with Crippen molar-refractivity contribution < 1.29 is 0 Å². The van der Waals surface area contributed by atoms with Crippen LogP contribution in [0.1, 0.15) is 83.1 Å². The monoisotopic (exact) mass is 275 g/mol. The lowest BCUT2D eigenvalue weighted by atomic mass is 9.94. The fraction of sp³-hybridized carbons (Fsp3) is 0.667. The van der Waals surface area contributed by atoms with Gasteiger partial charge in [-0.3, -0.25) is 0 Å². The minimum absolute atomic E-state index is 0.521. The molecule has 0 saturated carbocycles. The van der Waals surface area contributed by atoms with E-state index in [9.17, 15) is 4.91 Å². The fourth-order valence-corrected chi connectivity index (χ4v) is 2.61. The molecule has 0 N–H and O–H groups in total. The Kier molecular flexibility index (Phi) is 8.93. The molecule has 1 rings (SSSR count). The number of unbranched alkanes of at least 4 members (excludes halogenated alkanes) is 7. The van der Waals surface area contributed by atoms with Crippen molar-refractivity contribution in [2.45, 2.75) is 77.6 Å². The number of benzene rings is 1. The van der Waals surface area contributed by atoms with Gasteiger partial charge in [-0.05, 0) is 35.2 Å². The highest BCUT2D eigenvalue weighted by molar-refractivity contribution is 5.39. The van der Waals surface area contributed by atoms with Gasteiger partial charge >= 0.3 is 0 Å². The highest BCUT2D eigenvalue weighted by Gasteiger charge is 2.05. The molecule has 0 bridgehead atoms. The maximum Gasteiger partial charge on any atom is 0.108 e. The minimum atomic E-state index is 0.521. The summed E-state index contributed by atoms with van der Waals surface area (Å²) in [4.78, 5) is 10.4. The third kappa shape index (κ3) is 6.83. The quantitative estimate of drug-likeness (QED) is 0.325. The summed E-state index contributed by atoms with van der Waals surface area (Å²) in [6.45, 7) is 4.53. The molecule has 0 aliphatic heterocycles. The molecule has 0 radical (unpaired) electrons. The predicted molar refractivity (Wildman–Crippen MR) is 87.5 cm³/mol. The van der Waals surface area contributed by atoms with Gasteiger partial charge in [0.1, 0.15) is 5.69 Å². The summed E-state index contributed by atoms with van der Waals surface area (Å²) in [5, 5.41) is 2.94. The molecule has 0 aromatic heterocycles. The number of nitroso groups, excluding NO2 is 1. The molecule has 0 heterocycles. The topological polar surface area (TPSA) is 29.4 Å². The van der Waals surface area contributed by atoms with Gasteiger partial charge in [0.25, 0.3) is 0 Å². The molecule has 0 spiro atoms. The molecule has 20 heavy (non-hydrogen) atoms. The van der Waals surface area contributed by atoms with Gasteiger partial charge in [-0.2, -0.15) is 0 Å². The van der Waals surface area contributed by atoms with E-state index >= 15 is 0 Å². The Morgan fingerprint density at radius 3 is 2.00 bits per heavy atom. The van der Waals surface area contributed by atoms with Gasteiger partial charge in [0.15, 0.2) is 0 Å². The molecule has 0 amide bonds. The van der Waals surface area contributed by atoms with Crippen molar-refractivity contribution in [2.24, 2.45) is 5.18 Å². The summed E-state index contributed by atoms with van der Waals surface area (Å²) in [6, 6.07) is 7.69. The number of hydrogen-bond acceptors (Lipinski definition) is 2. The molecule has 1 atom stereocenters. The van der Waals surface area contributed by atoms with Crippen LogP contribution < -0.4 is 0 Å². The van der Waals surface area contributed by atoms with Crippen molar-refractivity contribution in [3.63, 3.8) is 0 Å². The Balaban J connectivity index is 2.10. The van der Waals surface area contributed by atoms with Gasteiger partial charge in [-0.1, -0.05) is 77.3 Å². The molecule has 1 aromatic rings. The maximum absolute atomic E-state index is 10.4. The Bertz CT molecular complexity index is 358. The van der Waals surface area contributed by atoms with Crippen molar-refractivity contribution in [1.82, 2.24) is 0 Å². The molecule has 0 aliphatic carbocycles. The van der Waals surface area contributed by atoms with E-state index in [0.29, 0.717) is 11.6 Å². The number of nitrogens with zero attached hydrogens (tertiary/aromatic N) is 1. The standard InChI is InChI=1S/C18H29NO/c1-3-4-5-6-7-8-9-10-11-16(2)17-12-14-18(19-20)15-13-17/h12-16H,3-11H2,1-2H3. The SMILES string of the molecule is CCCCCCCCCCC(C)c1ccc(N=O)cc1. The average molecular weight is 275 g/mol. The van der Waals surface area contributed by atoms with Crippen LogP contribution in [-0.4, -0.2) is 0 Å². The third-order valence-electron chi connectivity index (χ3n) is 4.06. The lowest BCUT2D eigenvalue weighted by Crippen LogP contribution is -1.93. The van der Waals surface area contributed by atoms with Gasteiger partial charge in [0.05, 0.1) is 0 Å². The highest BCUT2D eigenvalue weighted by Crippen LogP contribution is 2.24. The third-order valence-corrected chi connectivity index (χ3v) is 4.06. The first kappa shape index (κ1) is 16.9. The van der Waals surface area contributed by atoms with Crippen LogP contribution in [0.15, 0.2) is 29.4 Å². The Labute approximate surface area is 124 Å². The predicted octanol–water partition coefficient (Wildman–Crippen LogP) is 6.72. The van der Waals surface area contributed by atoms with Crippen LogP contribution in [0.2, 0.25) is 0 Å². The van der Waals surface area contributed by atoms with Gasteiger partial charge in [0.2, 0.25) is 0 Å². The summed E-state index contributed by atoms with van der Waals surface area (Å²) >= 11 is 0. The van der Waals surface area contributed by atoms with Crippen molar-refractivity contribution in [2.75, 3.05) is 0 Å². The first-order chi connectivity index (χ1) is 9.77. The molecule has 1 unspecified atom stereocenters. The smallest absolute Gasteiger partial charge is 0.108 e. The summed E-state index contributed by atoms with van der Waals surface area (Å²) < 4.78 is 0. The lowest BCUT2D eigenvalue weighted by Gasteiger charge is -2.11. The van der Waals surface area contributed by atoms with Crippen molar-refractivity contribution in [3.05, 3.63) is 34.7 Å². The largest absolute Gasteiger partial charge is 0.145 e. The molecular weight excluding hydrogens is 246 g/mol. The van der Waals surface area contributed by atoms with Crippen LogP contribution in [0.25, 0.3) is 0 Å². The van der Waals surface area contributed by atoms with Crippen molar-refractivity contribution in [1.29, 1.82) is 0 Å². The average Bonchev–Trinajstić information content (AvgIpc) is 2.50. The van der Waals surface area contributed by atoms with E-state index < -0.39 is 0 Å². The highest BCUT2D eigenvalue weighted by atomic mass is 16.3.